The highest BCUT2D eigenvalue weighted by atomic mass is 16.5. The van der Waals surface area contributed by atoms with Gasteiger partial charge in [-0.3, -0.25) is 9.78 Å². The summed E-state index contributed by atoms with van der Waals surface area (Å²) >= 11 is 0. The monoisotopic (exact) mass is 227 g/mol. The molecular weight excluding hydrogens is 214 g/mol. The molecule has 1 aromatic heterocycles. The number of benzene rings is 1. The fourth-order valence-corrected chi connectivity index (χ4v) is 1.76. The molecule has 0 aliphatic rings. The van der Waals surface area contributed by atoms with E-state index < -0.39 is 0 Å². The van der Waals surface area contributed by atoms with Gasteiger partial charge in [0.25, 0.3) is 0 Å². The lowest BCUT2D eigenvalue weighted by Gasteiger charge is -2.10. The fourth-order valence-electron chi connectivity index (χ4n) is 1.76. The molecule has 17 heavy (non-hydrogen) atoms. The Morgan fingerprint density at radius 1 is 1.24 bits per heavy atom. The van der Waals surface area contributed by atoms with Crippen LogP contribution in [0, 0.1) is 6.92 Å². The summed E-state index contributed by atoms with van der Waals surface area (Å²) in [6, 6.07) is 9.51. The second-order valence-corrected chi connectivity index (χ2v) is 3.73. The van der Waals surface area contributed by atoms with Crippen LogP contribution in [0.5, 0.6) is 5.75 Å². The van der Waals surface area contributed by atoms with Crippen molar-refractivity contribution in [3.63, 3.8) is 0 Å². The highest BCUT2D eigenvalue weighted by Crippen LogP contribution is 2.31. The van der Waals surface area contributed by atoms with Crippen LogP contribution in [-0.2, 0) is 0 Å². The Morgan fingerprint density at radius 3 is 2.71 bits per heavy atom. The first-order chi connectivity index (χ1) is 8.26. The summed E-state index contributed by atoms with van der Waals surface area (Å²) in [5, 5.41) is 0. The third kappa shape index (κ3) is 2.18. The van der Waals surface area contributed by atoms with Crippen LogP contribution in [0.2, 0.25) is 0 Å². The van der Waals surface area contributed by atoms with Gasteiger partial charge in [-0.05, 0) is 24.6 Å². The highest BCUT2D eigenvalue weighted by Gasteiger charge is 2.10. The minimum Gasteiger partial charge on any atom is -0.496 e. The van der Waals surface area contributed by atoms with Crippen LogP contribution in [-0.4, -0.2) is 18.4 Å². The molecule has 0 spiro atoms. The van der Waals surface area contributed by atoms with Crippen LogP contribution in [0.25, 0.3) is 11.1 Å². The van der Waals surface area contributed by atoms with Crippen molar-refractivity contribution in [3.8, 4) is 16.9 Å². The van der Waals surface area contributed by atoms with Crippen LogP contribution < -0.4 is 4.74 Å². The molecule has 0 saturated carbocycles. The number of carbonyl (C=O) groups excluding carboxylic acids is 1. The first kappa shape index (κ1) is 11.3. The molecule has 0 saturated heterocycles. The van der Waals surface area contributed by atoms with Gasteiger partial charge < -0.3 is 4.74 Å². The standard InChI is InChI=1S/C14H13NO2/c1-10-7-13(11(9-16)8-15-10)12-5-3-4-6-14(12)17-2/h3-9H,1-2H3. The van der Waals surface area contributed by atoms with E-state index in [1.54, 1.807) is 13.3 Å². The van der Waals surface area contributed by atoms with Crippen molar-refractivity contribution in [2.75, 3.05) is 7.11 Å². The van der Waals surface area contributed by atoms with Gasteiger partial charge in [-0.1, -0.05) is 18.2 Å². The van der Waals surface area contributed by atoms with Crippen LogP contribution >= 0.6 is 0 Å². The van der Waals surface area contributed by atoms with Gasteiger partial charge in [0.2, 0.25) is 0 Å². The average Bonchev–Trinajstić information content (AvgIpc) is 2.38. The van der Waals surface area contributed by atoms with Crippen molar-refractivity contribution in [3.05, 3.63) is 47.8 Å². The van der Waals surface area contributed by atoms with E-state index in [2.05, 4.69) is 4.98 Å². The number of methoxy groups -OCH3 is 1. The van der Waals surface area contributed by atoms with Crippen molar-refractivity contribution >= 4 is 6.29 Å². The summed E-state index contributed by atoms with van der Waals surface area (Å²) in [5.41, 5.74) is 3.20. The topological polar surface area (TPSA) is 39.2 Å². The van der Waals surface area contributed by atoms with Crippen molar-refractivity contribution in [1.82, 2.24) is 4.98 Å². The number of aryl methyl sites for hydroxylation is 1. The van der Waals surface area contributed by atoms with Crippen molar-refractivity contribution < 1.29 is 9.53 Å². The van der Waals surface area contributed by atoms with Crippen LogP contribution in [0.15, 0.2) is 36.5 Å². The first-order valence-corrected chi connectivity index (χ1v) is 5.31. The molecule has 2 rings (SSSR count). The maximum absolute atomic E-state index is 11.0. The second kappa shape index (κ2) is 4.78. The van der Waals surface area contributed by atoms with E-state index >= 15 is 0 Å². The molecule has 1 aromatic carbocycles. The molecule has 1 heterocycles. The molecule has 0 radical (unpaired) electrons. The van der Waals surface area contributed by atoms with Gasteiger partial charge in [0.15, 0.2) is 6.29 Å². The quantitative estimate of drug-likeness (QED) is 0.757. The summed E-state index contributed by atoms with van der Waals surface area (Å²) < 4.78 is 5.30. The Balaban J connectivity index is 2.66. The molecule has 0 amide bonds. The molecule has 0 fully saturated rings. The maximum Gasteiger partial charge on any atom is 0.152 e. The Labute approximate surface area is 100 Å². The molecule has 86 valence electrons. The molecule has 2 aromatic rings. The summed E-state index contributed by atoms with van der Waals surface area (Å²) in [6.45, 7) is 1.90. The summed E-state index contributed by atoms with van der Waals surface area (Å²) in [7, 11) is 1.62. The van der Waals surface area contributed by atoms with Crippen molar-refractivity contribution in [2.24, 2.45) is 0 Å². The predicted octanol–water partition coefficient (Wildman–Crippen LogP) is 2.88. The van der Waals surface area contributed by atoms with Gasteiger partial charge in [-0.25, -0.2) is 0 Å². The fraction of sp³-hybridized carbons (Fsp3) is 0.143. The van der Waals surface area contributed by atoms with E-state index in [0.29, 0.717) is 5.56 Å². The predicted molar refractivity (Wildman–Crippen MR) is 66.3 cm³/mol. The van der Waals surface area contributed by atoms with Gasteiger partial charge >= 0.3 is 0 Å². The molecule has 3 nitrogen and oxygen atoms in total. The number of aldehydes is 1. The highest BCUT2D eigenvalue weighted by molar-refractivity contribution is 5.88. The number of pyridine rings is 1. The minimum atomic E-state index is 0.570. The Kier molecular flexibility index (Phi) is 3.19. The van der Waals surface area contributed by atoms with Gasteiger partial charge in [-0.15, -0.1) is 0 Å². The molecule has 3 heteroatoms. The molecular formula is C14H13NO2. The van der Waals surface area contributed by atoms with E-state index in [1.165, 1.54) is 0 Å². The Bertz CT molecular complexity index is 550. The van der Waals surface area contributed by atoms with E-state index in [-0.39, 0.29) is 0 Å². The molecule has 0 atom stereocenters. The Hall–Kier alpha value is -2.16. The minimum absolute atomic E-state index is 0.570. The third-order valence-electron chi connectivity index (χ3n) is 2.60. The summed E-state index contributed by atoms with van der Waals surface area (Å²) in [4.78, 5) is 15.2. The number of nitrogens with zero attached hydrogens (tertiary/aromatic N) is 1. The second-order valence-electron chi connectivity index (χ2n) is 3.73. The van der Waals surface area contributed by atoms with Gasteiger partial charge in [-0.2, -0.15) is 0 Å². The van der Waals surface area contributed by atoms with E-state index in [0.717, 1.165) is 28.9 Å². The lowest BCUT2D eigenvalue weighted by molar-refractivity contribution is 0.112. The van der Waals surface area contributed by atoms with E-state index in [1.807, 2.05) is 37.3 Å². The van der Waals surface area contributed by atoms with Gasteiger partial charge in [0.05, 0.1) is 7.11 Å². The molecule has 0 unspecified atom stereocenters. The molecule has 0 N–H and O–H groups in total. The molecule has 0 bridgehead atoms. The smallest absolute Gasteiger partial charge is 0.152 e. The largest absolute Gasteiger partial charge is 0.496 e. The lowest BCUT2D eigenvalue weighted by atomic mass is 10.0. The zero-order valence-electron chi connectivity index (χ0n) is 9.81. The zero-order chi connectivity index (χ0) is 12.3. The summed E-state index contributed by atoms with van der Waals surface area (Å²) in [6.07, 6.45) is 2.40. The number of rotatable bonds is 3. The number of aromatic nitrogens is 1. The normalized spacial score (nSPS) is 10.0. The van der Waals surface area contributed by atoms with Gasteiger partial charge in [0, 0.05) is 23.0 Å². The third-order valence-corrected chi connectivity index (χ3v) is 2.60. The van der Waals surface area contributed by atoms with Crippen molar-refractivity contribution in [2.45, 2.75) is 6.92 Å². The van der Waals surface area contributed by atoms with Crippen molar-refractivity contribution in [1.29, 1.82) is 0 Å². The number of hydrogen-bond donors (Lipinski definition) is 0. The van der Waals surface area contributed by atoms with Gasteiger partial charge in [0.1, 0.15) is 5.75 Å². The Morgan fingerprint density at radius 2 is 2.00 bits per heavy atom. The number of hydrogen-bond acceptors (Lipinski definition) is 3. The van der Waals surface area contributed by atoms with E-state index in [9.17, 15) is 4.79 Å². The number of para-hydroxylation sites is 1. The van der Waals surface area contributed by atoms with E-state index in [4.69, 9.17) is 4.74 Å². The molecule has 0 aliphatic carbocycles. The van der Waals surface area contributed by atoms with Crippen LogP contribution in [0.1, 0.15) is 16.1 Å². The zero-order valence-corrected chi connectivity index (χ0v) is 9.81. The molecule has 0 aliphatic heterocycles. The average molecular weight is 227 g/mol. The SMILES string of the molecule is COc1ccccc1-c1cc(C)ncc1C=O. The first-order valence-electron chi connectivity index (χ1n) is 5.31. The summed E-state index contributed by atoms with van der Waals surface area (Å²) in [5.74, 6) is 0.751. The van der Waals surface area contributed by atoms with Crippen LogP contribution in [0.3, 0.4) is 0 Å². The number of carbonyl (C=O) groups is 1. The number of ether oxygens (including phenoxy) is 1. The maximum atomic E-state index is 11.0. The van der Waals surface area contributed by atoms with Crippen LogP contribution in [0.4, 0.5) is 0 Å². The lowest BCUT2D eigenvalue weighted by Crippen LogP contribution is -1.94.